The van der Waals surface area contributed by atoms with E-state index in [1.54, 1.807) is 0 Å². The maximum Gasteiger partial charge on any atom is 0.397 e. The Morgan fingerprint density at radius 1 is 0.371 bits per heavy atom. The number of rotatable bonds is 30. The van der Waals surface area contributed by atoms with E-state index in [2.05, 4.69) is 4.18 Å². The van der Waals surface area contributed by atoms with Crippen molar-refractivity contribution in [1.29, 1.82) is 0 Å². The Labute approximate surface area is 207 Å². The van der Waals surface area contributed by atoms with E-state index in [1.807, 2.05) is 0 Å². The molecule has 0 aliphatic heterocycles. The van der Waals surface area contributed by atoms with Crippen LogP contribution in [0.3, 0.4) is 0 Å². The van der Waals surface area contributed by atoms with Crippen molar-refractivity contribution in [1.82, 2.24) is 0 Å². The fourth-order valence-corrected chi connectivity index (χ4v) is 2.40. The molecule has 0 heterocycles. The van der Waals surface area contributed by atoms with Crippen LogP contribution in [-0.2, 0) is 57.2 Å². The van der Waals surface area contributed by atoms with Crippen LogP contribution in [-0.4, -0.2) is 150 Å². The molecular weight excluding hydrogens is 496 g/mol. The van der Waals surface area contributed by atoms with Crippen molar-refractivity contribution >= 4 is 10.4 Å². The normalized spacial score (nSPS) is 11.9. The van der Waals surface area contributed by atoms with Crippen LogP contribution in [0.5, 0.6) is 0 Å². The molecule has 2 N–H and O–H groups in total. The van der Waals surface area contributed by atoms with Crippen molar-refractivity contribution < 1.29 is 64.9 Å². The molecule has 0 fully saturated rings. The lowest BCUT2D eigenvalue weighted by molar-refractivity contribution is -0.0258. The molecule has 0 aliphatic rings. The van der Waals surface area contributed by atoms with E-state index in [9.17, 15) is 8.42 Å². The smallest absolute Gasteiger partial charge is 0.394 e. The molecular formula is C20H42O14S. The second-order valence-corrected chi connectivity index (χ2v) is 7.58. The Balaban J connectivity index is 3.04. The van der Waals surface area contributed by atoms with Gasteiger partial charge in [-0.1, -0.05) is 0 Å². The summed E-state index contributed by atoms with van der Waals surface area (Å²) < 4.78 is 80.6. The number of hydrogen-bond donors (Lipinski definition) is 2. The third-order valence-corrected chi connectivity index (χ3v) is 4.14. The van der Waals surface area contributed by atoms with Gasteiger partial charge in [0.1, 0.15) is 0 Å². The van der Waals surface area contributed by atoms with Gasteiger partial charge in [-0.2, -0.15) is 8.42 Å². The van der Waals surface area contributed by atoms with Gasteiger partial charge in [0.25, 0.3) is 0 Å². The Hall–Kier alpha value is -0.530. The SMILES string of the molecule is O=S(=O)(O)OCCOCCOCCOCCOCCOCCOCCOCCOCCOCCO. The molecule has 0 saturated carbocycles. The summed E-state index contributed by atoms with van der Waals surface area (Å²) >= 11 is 0. The van der Waals surface area contributed by atoms with Gasteiger partial charge in [0.05, 0.1) is 132 Å². The highest BCUT2D eigenvalue weighted by Gasteiger charge is 2.02. The van der Waals surface area contributed by atoms with Gasteiger partial charge in [-0.3, -0.25) is 4.55 Å². The minimum Gasteiger partial charge on any atom is -0.394 e. The zero-order valence-corrected chi connectivity index (χ0v) is 21.2. The Bertz CT molecular complexity index is 508. The quantitative estimate of drug-likeness (QED) is 0.0839. The van der Waals surface area contributed by atoms with Crippen molar-refractivity contribution in [3.05, 3.63) is 0 Å². The lowest BCUT2D eigenvalue weighted by atomic mass is 10.6. The zero-order chi connectivity index (χ0) is 25.7. The summed E-state index contributed by atoms with van der Waals surface area (Å²) in [5.41, 5.74) is 0. The van der Waals surface area contributed by atoms with E-state index in [0.29, 0.717) is 106 Å². The second-order valence-electron chi connectivity index (χ2n) is 6.48. The van der Waals surface area contributed by atoms with Crippen molar-refractivity contribution in [3.63, 3.8) is 0 Å². The van der Waals surface area contributed by atoms with Crippen LogP contribution in [0, 0.1) is 0 Å². The fraction of sp³-hybridized carbons (Fsp3) is 1.00. The van der Waals surface area contributed by atoms with Crippen LogP contribution in [0.15, 0.2) is 0 Å². The lowest BCUT2D eigenvalue weighted by Gasteiger charge is -2.08. The van der Waals surface area contributed by atoms with Crippen LogP contribution < -0.4 is 0 Å². The van der Waals surface area contributed by atoms with Gasteiger partial charge in [0.15, 0.2) is 0 Å². The molecule has 0 spiro atoms. The molecule has 0 rings (SSSR count). The molecule has 0 saturated heterocycles. The van der Waals surface area contributed by atoms with E-state index in [4.69, 9.17) is 52.3 Å². The van der Waals surface area contributed by atoms with E-state index in [-0.39, 0.29) is 26.4 Å². The summed E-state index contributed by atoms with van der Waals surface area (Å²) in [6, 6.07) is 0. The first-order valence-electron chi connectivity index (χ1n) is 11.5. The summed E-state index contributed by atoms with van der Waals surface area (Å²) in [6.07, 6.45) is 0. The van der Waals surface area contributed by atoms with Gasteiger partial charge in [0.2, 0.25) is 0 Å². The van der Waals surface area contributed by atoms with Crippen molar-refractivity contribution in [3.8, 4) is 0 Å². The summed E-state index contributed by atoms with van der Waals surface area (Å²) in [7, 11) is -4.42. The highest BCUT2D eigenvalue weighted by Crippen LogP contribution is 1.88. The molecule has 0 aromatic rings. The van der Waals surface area contributed by atoms with Crippen LogP contribution in [0.4, 0.5) is 0 Å². The minimum absolute atomic E-state index is 0.0161. The molecule has 0 aromatic heterocycles. The fourth-order valence-electron chi connectivity index (χ4n) is 2.12. The molecule has 14 nitrogen and oxygen atoms in total. The third-order valence-electron chi connectivity index (χ3n) is 3.67. The standard InChI is InChI=1S/C20H42O14S/c21-1-2-25-3-4-26-5-6-27-7-8-28-9-10-29-11-12-30-13-14-31-15-16-32-17-18-33-19-20-34-35(22,23)24/h21H,1-20H2,(H,22,23,24). The number of ether oxygens (including phenoxy) is 9. The molecule has 0 aromatic carbocycles. The summed E-state index contributed by atoms with van der Waals surface area (Å²) in [4.78, 5) is 0. The monoisotopic (exact) mass is 538 g/mol. The third kappa shape index (κ3) is 33.5. The van der Waals surface area contributed by atoms with Gasteiger partial charge in [-0.15, -0.1) is 0 Å². The first kappa shape index (κ1) is 34.5. The van der Waals surface area contributed by atoms with Crippen LogP contribution in [0.2, 0.25) is 0 Å². The van der Waals surface area contributed by atoms with Gasteiger partial charge >= 0.3 is 10.4 Å². The largest absolute Gasteiger partial charge is 0.397 e. The molecule has 0 unspecified atom stereocenters. The highest BCUT2D eigenvalue weighted by molar-refractivity contribution is 7.80. The topological polar surface area (TPSA) is 167 Å². The van der Waals surface area contributed by atoms with Crippen LogP contribution >= 0.6 is 0 Å². The molecule has 0 atom stereocenters. The Morgan fingerprint density at radius 2 is 0.571 bits per heavy atom. The van der Waals surface area contributed by atoms with Crippen molar-refractivity contribution in [2.45, 2.75) is 0 Å². The number of hydrogen-bond acceptors (Lipinski definition) is 13. The Morgan fingerprint density at radius 3 is 0.771 bits per heavy atom. The molecule has 35 heavy (non-hydrogen) atoms. The predicted octanol–water partition coefficient (Wildman–Crippen LogP) is -1.05. The van der Waals surface area contributed by atoms with Crippen molar-refractivity contribution in [2.75, 3.05) is 132 Å². The van der Waals surface area contributed by atoms with Gasteiger partial charge in [-0.25, -0.2) is 4.18 Å². The molecule has 0 bridgehead atoms. The Kier molecular flexibility index (Phi) is 27.6. The second kappa shape index (κ2) is 28.0. The average Bonchev–Trinajstić information content (AvgIpc) is 2.82. The molecule has 0 radical (unpaired) electrons. The van der Waals surface area contributed by atoms with E-state index in [1.165, 1.54) is 0 Å². The minimum atomic E-state index is -4.42. The summed E-state index contributed by atoms with van der Waals surface area (Å²) in [5.74, 6) is 0. The number of aliphatic hydroxyl groups is 1. The molecule has 0 aliphatic carbocycles. The van der Waals surface area contributed by atoms with Gasteiger partial charge in [-0.05, 0) is 0 Å². The van der Waals surface area contributed by atoms with E-state index < -0.39 is 10.4 Å². The maximum atomic E-state index is 10.3. The van der Waals surface area contributed by atoms with E-state index >= 15 is 0 Å². The van der Waals surface area contributed by atoms with E-state index in [0.717, 1.165) is 0 Å². The van der Waals surface area contributed by atoms with Gasteiger partial charge < -0.3 is 47.7 Å². The first-order chi connectivity index (χ1) is 17.1. The van der Waals surface area contributed by atoms with Crippen LogP contribution in [0.1, 0.15) is 0 Å². The first-order valence-corrected chi connectivity index (χ1v) is 12.8. The summed E-state index contributed by atoms with van der Waals surface area (Å²) in [6.45, 7) is 7.22. The highest BCUT2D eigenvalue weighted by atomic mass is 32.3. The predicted molar refractivity (Wildman–Crippen MR) is 122 cm³/mol. The maximum absolute atomic E-state index is 10.3. The van der Waals surface area contributed by atoms with Crippen LogP contribution in [0.25, 0.3) is 0 Å². The number of aliphatic hydroxyl groups excluding tert-OH is 1. The summed E-state index contributed by atoms with van der Waals surface area (Å²) in [5, 5.41) is 8.54. The average molecular weight is 539 g/mol. The van der Waals surface area contributed by atoms with Gasteiger partial charge in [0, 0.05) is 0 Å². The molecule has 212 valence electrons. The lowest BCUT2D eigenvalue weighted by Crippen LogP contribution is -2.15. The van der Waals surface area contributed by atoms with Crippen molar-refractivity contribution in [2.24, 2.45) is 0 Å². The molecule has 0 amide bonds. The molecule has 15 heteroatoms. The zero-order valence-electron chi connectivity index (χ0n) is 20.3.